The lowest BCUT2D eigenvalue weighted by molar-refractivity contribution is -0.161. The highest BCUT2D eigenvalue weighted by Gasteiger charge is 2.15. The maximum Gasteiger partial charge on any atom is 0.306 e. The van der Waals surface area contributed by atoms with Crippen molar-refractivity contribution in [3.8, 4) is 0 Å². The van der Waals surface area contributed by atoms with Gasteiger partial charge in [0.15, 0.2) is 6.10 Å². The number of carbonyl (C=O) groups is 2. The van der Waals surface area contributed by atoms with E-state index in [0.29, 0.717) is 6.42 Å². The lowest BCUT2D eigenvalue weighted by atomic mass is 10.1. The van der Waals surface area contributed by atoms with E-state index in [1.807, 2.05) is 0 Å². The highest BCUT2D eigenvalue weighted by molar-refractivity contribution is 5.70. The quantitative estimate of drug-likeness (QED) is 0.0790. The fourth-order valence-corrected chi connectivity index (χ4v) is 3.80. The van der Waals surface area contributed by atoms with Crippen molar-refractivity contribution < 1.29 is 24.2 Å². The normalized spacial score (nSPS) is 12.4. The third-order valence-electron chi connectivity index (χ3n) is 6.05. The number of ether oxygens (including phenoxy) is 2. The van der Waals surface area contributed by atoms with Gasteiger partial charge in [-0.05, 0) is 38.5 Å². The van der Waals surface area contributed by atoms with Crippen molar-refractivity contribution in [2.75, 3.05) is 13.2 Å². The number of hydrogen-bond donors (Lipinski definition) is 1. The van der Waals surface area contributed by atoms with Crippen molar-refractivity contribution in [1.29, 1.82) is 0 Å². The minimum atomic E-state index is -0.764. The molecule has 5 nitrogen and oxygen atoms in total. The summed E-state index contributed by atoms with van der Waals surface area (Å²) in [5.41, 5.74) is 0. The summed E-state index contributed by atoms with van der Waals surface area (Å²) in [6.07, 6.45) is 30.0. The summed E-state index contributed by atoms with van der Waals surface area (Å²) in [7, 11) is 0. The third kappa shape index (κ3) is 25.3. The fraction of sp³-hybridized carbons (Fsp3) is 0.800. The van der Waals surface area contributed by atoms with Crippen molar-refractivity contribution >= 4 is 11.9 Å². The average molecular weight is 495 g/mol. The molecular weight excluding hydrogens is 440 g/mol. The number of esters is 2. The van der Waals surface area contributed by atoms with E-state index in [2.05, 4.69) is 31.2 Å². The fourth-order valence-electron chi connectivity index (χ4n) is 3.80. The van der Waals surface area contributed by atoms with Crippen molar-refractivity contribution in [3.63, 3.8) is 0 Å². The lowest BCUT2D eigenvalue weighted by Gasteiger charge is -2.15. The molecular formula is C30H54O5. The maximum absolute atomic E-state index is 11.8. The Morgan fingerprint density at radius 1 is 0.686 bits per heavy atom. The van der Waals surface area contributed by atoms with E-state index >= 15 is 0 Å². The summed E-state index contributed by atoms with van der Waals surface area (Å²) in [6, 6.07) is 0. The zero-order valence-corrected chi connectivity index (χ0v) is 22.8. The van der Waals surface area contributed by atoms with E-state index < -0.39 is 6.10 Å². The zero-order chi connectivity index (χ0) is 25.8. The molecule has 0 aliphatic carbocycles. The van der Waals surface area contributed by atoms with Crippen molar-refractivity contribution in [3.05, 3.63) is 24.3 Å². The predicted octanol–water partition coefficient (Wildman–Crippen LogP) is 8.00. The van der Waals surface area contributed by atoms with Crippen LogP contribution < -0.4 is 0 Å². The summed E-state index contributed by atoms with van der Waals surface area (Å²) in [4.78, 5) is 23.0. The first-order chi connectivity index (χ1) is 17.1. The van der Waals surface area contributed by atoms with Gasteiger partial charge in [-0.15, -0.1) is 0 Å². The van der Waals surface area contributed by atoms with E-state index in [0.717, 1.165) is 25.7 Å². The molecule has 0 aromatic carbocycles. The summed E-state index contributed by atoms with van der Waals surface area (Å²) < 4.78 is 10.1. The first-order valence-electron chi connectivity index (χ1n) is 14.4. The van der Waals surface area contributed by atoms with Crippen LogP contribution in [0.3, 0.4) is 0 Å². The molecule has 1 N–H and O–H groups in total. The highest BCUT2D eigenvalue weighted by Crippen LogP contribution is 2.12. The van der Waals surface area contributed by atoms with Crippen molar-refractivity contribution in [1.82, 2.24) is 0 Å². The minimum absolute atomic E-state index is 0.0815. The van der Waals surface area contributed by atoms with E-state index in [4.69, 9.17) is 9.47 Å². The van der Waals surface area contributed by atoms with Gasteiger partial charge in [0.2, 0.25) is 0 Å². The predicted molar refractivity (Wildman–Crippen MR) is 145 cm³/mol. The van der Waals surface area contributed by atoms with E-state index in [1.54, 1.807) is 6.92 Å². The highest BCUT2D eigenvalue weighted by atomic mass is 16.6. The molecule has 0 bridgehead atoms. The number of allylic oxidation sites excluding steroid dienone is 4. The van der Waals surface area contributed by atoms with Crippen LogP contribution in [0.2, 0.25) is 0 Å². The van der Waals surface area contributed by atoms with Gasteiger partial charge >= 0.3 is 11.9 Å². The molecule has 1 atom stereocenters. The second-order valence-electron chi connectivity index (χ2n) is 9.43. The molecule has 0 aromatic heterocycles. The molecule has 0 rings (SSSR count). The molecule has 1 unspecified atom stereocenters. The first-order valence-corrected chi connectivity index (χ1v) is 14.4. The van der Waals surface area contributed by atoms with Crippen LogP contribution in [-0.2, 0) is 19.1 Å². The number of carbonyl (C=O) groups excluding carboxylic acids is 2. The molecule has 0 heterocycles. The average Bonchev–Trinajstić information content (AvgIpc) is 2.87. The largest absolute Gasteiger partial charge is 0.462 e. The Kier molecular flexibility index (Phi) is 25.7. The number of aliphatic hydroxyl groups is 1. The summed E-state index contributed by atoms with van der Waals surface area (Å²) in [5, 5.41) is 9.23. The molecule has 0 aromatic rings. The number of rotatable bonds is 25. The van der Waals surface area contributed by atoms with Gasteiger partial charge in [-0.3, -0.25) is 9.59 Å². The molecule has 0 saturated heterocycles. The molecule has 35 heavy (non-hydrogen) atoms. The molecule has 0 radical (unpaired) electrons. The molecule has 5 heteroatoms. The van der Waals surface area contributed by atoms with Gasteiger partial charge in [0.25, 0.3) is 0 Å². The second-order valence-corrected chi connectivity index (χ2v) is 9.43. The van der Waals surface area contributed by atoms with Crippen LogP contribution in [0.1, 0.15) is 136 Å². The Balaban J connectivity index is 3.41. The smallest absolute Gasteiger partial charge is 0.306 e. The molecule has 0 aliphatic rings. The Labute approximate surface area is 215 Å². The monoisotopic (exact) mass is 494 g/mol. The topological polar surface area (TPSA) is 72.8 Å². The molecule has 204 valence electrons. The van der Waals surface area contributed by atoms with Crippen molar-refractivity contribution in [2.45, 2.75) is 142 Å². The molecule has 0 spiro atoms. The van der Waals surface area contributed by atoms with Crippen LogP contribution in [0.25, 0.3) is 0 Å². The first kappa shape index (κ1) is 33.4. The van der Waals surface area contributed by atoms with Crippen LogP contribution in [-0.4, -0.2) is 36.4 Å². The lowest BCUT2D eigenvalue weighted by Crippen LogP contribution is -2.28. The standard InChI is InChI=1S/C30H54O5/c1-3-5-6-7-8-9-10-11-12-13-14-15-16-17-18-19-20-21-22-23-24-25-30(33)35-28(26-31)27-34-29(32)4-2/h10-11,13-14,28,31H,3-9,12,15-27H2,1-2H3/b11-10-,14-13-. The molecule has 0 fully saturated rings. The van der Waals surface area contributed by atoms with Gasteiger partial charge in [-0.1, -0.05) is 109 Å². The number of aliphatic hydroxyl groups excluding tert-OH is 1. The Morgan fingerprint density at radius 3 is 1.71 bits per heavy atom. The Morgan fingerprint density at radius 2 is 1.20 bits per heavy atom. The number of unbranched alkanes of at least 4 members (excludes halogenated alkanes) is 14. The van der Waals surface area contributed by atoms with Crippen LogP contribution >= 0.6 is 0 Å². The Bertz CT molecular complexity index is 541. The Hall–Kier alpha value is -1.62. The van der Waals surface area contributed by atoms with Crippen LogP contribution in [0, 0.1) is 0 Å². The van der Waals surface area contributed by atoms with Crippen LogP contribution in [0.4, 0.5) is 0 Å². The zero-order valence-electron chi connectivity index (χ0n) is 22.8. The van der Waals surface area contributed by atoms with Gasteiger partial charge in [-0.25, -0.2) is 0 Å². The maximum atomic E-state index is 11.8. The van der Waals surface area contributed by atoms with Crippen LogP contribution in [0.15, 0.2) is 24.3 Å². The summed E-state index contributed by atoms with van der Waals surface area (Å²) >= 11 is 0. The molecule has 0 aliphatic heterocycles. The minimum Gasteiger partial charge on any atom is -0.462 e. The van der Waals surface area contributed by atoms with Gasteiger partial charge in [-0.2, -0.15) is 0 Å². The van der Waals surface area contributed by atoms with Gasteiger partial charge < -0.3 is 14.6 Å². The van der Waals surface area contributed by atoms with Gasteiger partial charge in [0.05, 0.1) is 6.61 Å². The van der Waals surface area contributed by atoms with Crippen molar-refractivity contribution in [2.24, 2.45) is 0 Å². The van der Waals surface area contributed by atoms with Gasteiger partial charge in [0.1, 0.15) is 6.61 Å². The van der Waals surface area contributed by atoms with E-state index in [9.17, 15) is 14.7 Å². The second kappa shape index (κ2) is 27.0. The van der Waals surface area contributed by atoms with Crippen LogP contribution in [0.5, 0.6) is 0 Å². The summed E-state index contributed by atoms with van der Waals surface area (Å²) in [6.45, 7) is 3.53. The molecule has 0 saturated carbocycles. The van der Waals surface area contributed by atoms with E-state index in [-0.39, 0.29) is 31.6 Å². The van der Waals surface area contributed by atoms with Gasteiger partial charge in [0, 0.05) is 12.8 Å². The molecule has 0 amide bonds. The SMILES string of the molecule is CCCCCCC/C=C\C/C=C\CCCCCCCCCCCC(=O)OC(CO)COC(=O)CC. The van der Waals surface area contributed by atoms with E-state index in [1.165, 1.54) is 83.5 Å². The number of hydrogen-bond acceptors (Lipinski definition) is 5. The summed E-state index contributed by atoms with van der Waals surface area (Å²) in [5.74, 6) is -0.696. The third-order valence-corrected chi connectivity index (χ3v) is 6.05.